The average Bonchev–Trinajstić information content (AvgIpc) is 3.02. The van der Waals surface area contributed by atoms with E-state index in [9.17, 15) is 14.4 Å². The van der Waals surface area contributed by atoms with Crippen molar-refractivity contribution in [3.8, 4) is 0 Å². The number of rotatable bonds is 6. The first-order valence-electron chi connectivity index (χ1n) is 9.14. The van der Waals surface area contributed by atoms with Gasteiger partial charge in [0.2, 0.25) is 11.8 Å². The summed E-state index contributed by atoms with van der Waals surface area (Å²) in [6, 6.07) is 12.6. The average molecular weight is 380 g/mol. The molecule has 3 N–H and O–H groups in total. The highest BCUT2D eigenvalue weighted by Crippen LogP contribution is 2.19. The minimum Gasteiger partial charge on any atom is -0.357 e. The van der Waals surface area contributed by atoms with Crippen LogP contribution in [0.15, 0.2) is 47.3 Å². The fourth-order valence-electron chi connectivity index (χ4n) is 3.35. The highest BCUT2D eigenvalue weighted by molar-refractivity contribution is 5.89. The first-order chi connectivity index (χ1) is 13.4. The largest absolute Gasteiger partial charge is 0.357 e. The molecule has 0 saturated heterocycles. The van der Waals surface area contributed by atoms with Crippen molar-refractivity contribution in [3.63, 3.8) is 0 Å². The zero-order valence-corrected chi connectivity index (χ0v) is 16.2. The molecule has 1 atom stereocenters. The van der Waals surface area contributed by atoms with E-state index in [4.69, 9.17) is 0 Å². The van der Waals surface area contributed by atoms with E-state index in [0.29, 0.717) is 11.9 Å². The molecular formula is C21H24N4O3. The lowest BCUT2D eigenvalue weighted by Crippen LogP contribution is -2.48. The highest BCUT2D eigenvalue weighted by atomic mass is 16.2. The van der Waals surface area contributed by atoms with E-state index in [1.165, 1.54) is 11.6 Å². The Bertz CT molecular complexity index is 1070. The van der Waals surface area contributed by atoms with E-state index in [1.54, 1.807) is 0 Å². The lowest BCUT2D eigenvalue weighted by Gasteiger charge is -2.18. The van der Waals surface area contributed by atoms with Crippen molar-refractivity contribution in [1.29, 1.82) is 0 Å². The van der Waals surface area contributed by atoms with Gasteiger partial charge in [0.05, 0.1) is 11.0 Å². The van der Waals surface area contributed by atoms with Gasteiger partial charge >= 0.3 is 5.69 Å². The second-order valence-corrected chi connectivity index (χ2v) is 6.86. The molecule has 3 aromatic rings. The third-order valence-corrected chi connectivity index (χ3v) is 4.82. The van der Waals surface area contributed by atoms with E-state index in [0.717, 1.165) is 22.2 Å². The van der Waals surface area contributed by atoms with Crippen molar-refractivity contribution < 1.29 is 9.59 Å². The molecule has 0 radical (unpaired) electrons. The Morgan fingerprint density at radius 2 is 1.75 bits per heavy atom. The number of nitrogens with zero attached hydrogens (tertiary/aromatic N) is 1. The van der Waals surface area contributed by atoms with Crippen molar-refractivity contribution in [3.05, 3.63) is 69.6 Å². The molecule has 0 aliphatic rings. The zero-order valence-electron chi connectivity index (χ0n) is 16.2. The number of fused-ring (bicyclic) bond motifs is 1. The smallest absolute Gasteiger partial charge is 0.326 e. The van der Waals surface area contributed by atoms with Crippen molar-refractivity contribution in [1.82, 2.24) is 20.2 Å². The number of aromatic amines is 1. The van der Waals surface area contributed by atoms with Gasteiger partial charge in [0.1, 0.15) is 12.6 Å². The first-order valence-corrected chi connectivity index (χ1v) is 9.14. The molecule has 0 spiro atoms. The summed E-state index contributed by atoms with van der Waals surface area (Å²) in [7, 11) is 1.53. The molecule has 146 valence electrons. The lowest BCUT2D eigenvalue weighted by atomic mass is 10.1. The van der Waals surface area contributed by atoms with Crippen LogP contribution in [0.5, 0.6) is 0 Å². The molecule has 7 nitrogen and oxygen atoms in total. The van der Waals surface area contributed by atoms with Crippen LogP contribution in [0.25, 0.3) is 11.0 Å². The molecule has 0 fully saturated rings. The number of hydrogen-bond donors (Lipinski definition) is 3. The van der Waals surface area contributed by atoms with Crippen molar-refractivity contribution in [2.75, 3.05) is 7.05 Å². The molecule has 7 heteroatoms. The monoisotopic (exact) mass is 380 g/mol. The Labute approximate surface area is 162 Å². The minimum atomic E-state index is -0.719. The van der Waals surface area contributed by atoms with Crippen LogP contribution in [0.4, 0.5) is 0 Å². The van der Waals surface area contributed by atoms with Crippen LogP contribution < -0.4 is 16.3 Å². The van der Waals surface area contributed by atoms with Crippen LogP contribution in [0.2, 0.25) is 0 Å². The number of imidazole rings is 1. The number of carbonyl (C=O) groups excluding carboxylic acids is 2. The summed E-state index contributed by atoms with van der Waals surface area (Å²) in [5.41, 5.74) is 3.86. The van der Waals surface area contributed by atoms with Gasteiger partial charge in [-0.3, -0.25) is 14.2 Å². The third-order valence-electron chi connectivity index (χ3n) is 4.82. The second kappa shape index (κ2) is 8.12. The van der Waals surface area contributed by atoms with Crippen molar-refractivity contribution in [2.45, 2.75) is 32.9 Å². The molecule has 0 bridgehead atoms. The number of aryl methyl sites for hydroxylation is 2. The summed E-state index contributed by atoms with van der Waals surface area (Å²) in [5.74, 6) is -0.677. The molecule has 28 heavy (non-hydrogen) atoms. The normalized spacial score (nSPS) is 12.0. The van der Waals surface area contributed by atoms with Gasteiger partial charge in [0.15, 0.2) is 0 Å². The van der Waals surface area contributed by atoms with E-state index < -0.39 is 11.9 Å². The number of benzene rings is 2. The molecule has 0 saturated carbocycles. The second-order valence-electron chi connectivity index (χ2n) is 6.86. The standard InChI is InChI=1S/C21H24N4O3/c1-13-9-10-14(2)19-18(13)24-21(28)25(19)12-17(26)23-16(20(27)22-3)11-15-7-5-4-6-8-15/h4-10,16H,11-12H2,1-3H3,(H,22,27)(H,23,26)(H,24,28). The zero-order chi connectivity index (χ0) is 20.3. The summed E-state index contributed by atoms with van der Waals surface area (Å²) in [5, 5.41) is 5.33. The van der Waals surface area contributed by atoms with Gasteiger partial charge in [0.25, 0.3) is 0 Å². The van der Waals surface area contributed by atoms with Crippen LogP contribution in [0.1, 0.15) is 16.7 Å². The van der Waals surface area contributed by atoms with Gasteiger partial charge in [0, 0.05) is 13.5 Å². The van der Waals surface area contributed by atoms with Gasteiger partial charge in [-0.25, -0.2) is 4.79 Å². The predicted octanol–water partition coefficient (Wildman–Crippen LogP) is 1.42. The predicted molar refractivity (Wildman–Crippen MR) is 108 cm³/mol. The Morgan fingerprint density at radius 1 is 1.07 bits per heavy atom. The summed E-state index contributed by atoms with van der Waals surface area (Å²) in [4.78, 5) is 40.1. The summed E-state index contributed by atoms with van der Waals surface area (Å²) < 4.78 is 1.41. The van der Waals surface area contributed by atoms with E-state index in [2.05, 4.69) is 15.6 Å². The van der Waals surface area contributed by atoms with Gasteiger partial charge < -0.3 is 15.6 Å². The topological polar surface area (TPSA) is 96.0 Å². The molecule has 1 unspecified atom stereocenters. The Balaban J connectivity index is 1.83. The van der Waals surface area contributed by atoms with Crippen LogP contribution >= 0.6 is 0 Å². The van der Waals surface area contributed by atoms with E-state index in [1.807, 2.05) is 56.3 Å². The molecule has 1 aromatic heterocycles. The Kier molecular flexibility index (Phi) is 5.63. The molecule has 2 aromatic carbocycles. The molecule has 3 rings (SSSR count). The molecular weight excluding hydrogens is 356 g/mol. The number of hydrogen-bond acceptors (Lipinski definition) is 3. The number of amides is 2. The minimum absolute atomic E-state index is 0.161. The number of carbonyl (C=O) groups is 2. The quantitative estimate of drug-likeness (QED) is 0.603. The first kappa shape index (κ1) is 19.4. The lowest BCUT2D eigenvalue weighted by molar-refractivity contribution is -0.129. The number of aromatic nitrogens is 2. The van der Waals surface area contributed by atoms with E-state index >= 15 is 0 Å². The van der Waals surface area contributed by atoms with Crippen molar-refractivity contribution in [2.24, 2.45) is 0 Å². The number of likely N-dealkylation sites (N-methyl/N-ethyl adjacent to an activating group) is 1. The summed E-state index contributed by atoms with van der Waals surface area (Å²) in [6.07, 6.45) is 0.368. The third kappa shape index (κ3) is 3.98. The van der Waals surface area contributed by atoms with Gasteiger partial charge in [-0.1, -0.05) is 42.5 Å². The van der Waals surface area contributed by atoms with Crippen LogP contribution in [-0.2, 0) is 22.6 Å². The Morgan fingerprint density at radius 3 is 2.43 bits per heavy atom. The van der Waals surface area contributed by atoms with E-state index in [-0.39, 0.29) is 18.1 Å². The number of H-pyrrole nitrogens is 1. The van der Waals surface area contributed by atoms with Gasteiger partial charge in [-0.2, -0.15) is 0 Å². The van der Waals surface area contributed by atoms with Gasteiger partial charge in [-0.15, -0.1) is 0 Å². The summed E-state index contributed by atoms with van der Waals surface area (Å²) in [6.45, 7) is 3.64. The fourth-order valence-corrected chi connectivity index (χ4v) is 3.35. The maximum Gasteiger partial charge on any atom is 0.326 e. The van der Waals surface area contributed by atoms with Crippen LogP contribution in [0.3, 0.4) is 0 Å². The molecule has 2 amide bonds. The van der Waals surface area contributed by atoms with Crippen molar-refractivity contribution >= 4 is 22.8 Å². The van der Waals surface area contributed by atoms with Crippen LogP contribution in [-0.4, -0.2) is 34.5 Å². The fraction of sp³-hybridized carbons (Fsp3) is 0.286. The Hall–Kier alpha value is -3.35. The highest BCUT2D eigenvalue weighted by Gasteiger charge is 2.21. The number of nitrogens with one attached hydrogen (secondary N) is 3. The SMILES string of the molecule is CNC(=O)C(Cc1ccccc1)NC(=O)Cn1c(=O)[nH]c2c(C)ccc(C)c21. The molecule has 0 aliphatic carbocycles. The summed E-state index contributed by atoms with van der Waals surface area (Å²) >= 11 is 0. The maximum atomic E-state index is 12.7. The molecule has 0 aliphatic heterocycles. The van der Waals surface area contributed by atoms with Gasteiger partial charge in [-0.05, 0) is 30.5 Å². The molecule has 1 heterocycles. The van der Waals surface area contributed by atoms with Crippen LogP contribution in [0, 0.1) is 13.8 Å². The maximum absolute atomic E-state index is 12.7.